The minimum atomic E-state index is -0.524. The van der Waals surface area contributed by atoms with Crippen LogP contribution in [0, 0.1) is 22.8 Å². The van der Waals surface area contributed by atoms with Crippen LogP contribution in [-0.4, -0.2) is 29.4 Å². The molecule has 0 amide bonds. The van der Waals surface area contributed by atoms with Gasteiger partial charge < -0.3 is 21.7 Å². The standard InChI is InChI=1S/C21H25N9/c1-3-4-9-30(2)11-13-5-7-14(8-6-13)18-16-17(24)15(10-22)19(25)28-20(16)29-21(27-18)26-12-23/h5-8,18H,3-4,9,11H2,1-2H3,(H6,24,25,26,27,28,29). The van der Waals surface area contributed by atoms with E-state index in [0.29, 0.717) is 11.4 Å². The van der Waals surface area contributed by atoms with E-state index in [1.54, 1.807) is 0 Å². The number of nitriles is 2. The lowest BCUT2D eigenvalue weighted by Gasteiger charge is -2.26. The molecule has 1 atom stereocenters. The van der Waals surface area contributed by atoms with Crippen molar-refractivity contribution in [3.8, 4) is 12.3 Å². The molecule has 0 aliphatic carbocycles. The molecule has 30 heavy (non-hydrogen) atoms. The Hall–Kier alpha value is -3.82. The first-order valence-electron chi connectivity index (χ1n) is 9.74. The van der Waals surface area contributed by atoms with E-state index >= 15 is 0 Å². The van der Waals surface area contributed by atoms with Gasteiger partial charge in [-0.05, 0) is 31.1 Å². The fourth-order valence-electron chi connectivity index (χ4n) is 3.45. The van der Waals surface area contributed by atoms with E-state index in [1.165, 1.54) is 18.4 Å². The first kappa shape index (κ1) is 20.9. The zero-order chi connectivity index (χ0) is 21.7. The van der Waals surface area contributed by atoms with E-state index in [0.717, 1.165) is 18.7 Å². The van der Waals surface area contributed by atoms with Crippen LogP contribution in [0.5, 0.6) is 0 Å². The second-order valence-corrected chi connectivity index (χ2v) is 7.23. The molecule has 2 aromatic rings. The highest BCUT2D eigenvalue weighted by Gasteiger charge is 2.29. The molecule has 1 unspecified atom stereocenters. The fraction of sp³-hybridized carbons (Fsp3) is 0.333. The molecular formula is C21H25N9. The molecule has 154 valence electrons. The van der Waals surface area contributed by atoms with Crippen LogP contribution in [0.1, 0.15) is 48.1 Å². The number of hydrogen-bond acceptors (Lipinski definition) is 9. The summed E-state index contributed by atoms with van der Waals surface area (Å²) in [6, 6.07) is 9.56. The molecule has 1 aliphatic heterocycles. The number of nitrogens with two attached hydrogens (primary N) is 2. The number of hydrogen-bond donors (Lipinski definition) is 4. The van der Waals surface area contributed by atoms with Gasteiger partial charge >= 0.3 is 0 Å². The van der Waals surface area contributed by atoms with Crippen molar-refractivity contribution >= 4 is 23.3 Å². The van der Waals surface area contributed by atoms with Crippen molar-refractivity contribution in [1.29, 1.82) is 10.5 Å². The van der Waals surface area contributed by atoms with Gasteiger partial charge in [-0.3, -0.25) is 5.32 Å². The largest absolute Gasteiger partial charge is 0.397 e. The van der Waals surface area contributed by atoms with E-state index in [9.17, 15) is 5.26 Å². The molecule has 1 aromatic carbocycles. The summed E-state index contributed by atoms with van der Waals surface area (Å²) in [6.45, 7) is 4.09. The molecule has 0 fully saturated rings. The van der Waals surface area contributed by atoms with E-state index < -0.39 is 6.04 Å². The van der Waals surface area contributed by atoms with Crippen LogP contribution >= 0.6 is 0 Å². The van der Waals surface area contributed by atoms with Crippen molar-refractivity contribution in [3.63, 3.8) is 0 Å². The maximum atomic E-state index is 9.41. The molecule has 0 saturated carbocycles. The third kappa shape index (κ3) is 4.27. The van der Waals surface area contributed by atoms with Crippen LogP contribution in [0.4, 0.5) is 17.3 Å². The Morgan fingerprint density at radius 3 is 2.60 bits per heavy atom. The number of pyridine rings is 1. The Labute approximate surface area is 176 Å². The van der Waals surface area contributed by atoms with Gasteiger partial charge in [0.25, 0.3) is 0 Å². The molecule has 0 spiro atoms. The summed E-state index contributed by atoms with van der Waals surface area (Å²) in [7, 11) is 2.11. The number of nitrogens with one attached hydrogen (secondary N) is 2. The number of rotatable bonds is 6. The van der Waals surface area contributed by atoms with Gasteiger partial charge in [-0.15, -0.1) is 0 Å². The normalized spacial score (nSPS) is 14.8. The quantitative estimate of drug-likeness (QED) is 0.423. The fourth-order valence-corrected chi connectivity index (χ4v) is 3.45. The van der Waals surface area contributed by atoms with Crippen molar-refractivity contribution in [2.75, 3.05) is 30.4 Å². The van der Waals surface area contributed by atoms with Gasteiger partial charge in [0.15, 0.2) is 6.19 Å². The summed E-state index contributed by atoms with van der Waals surface area (Å²) < 4.78 is 0. The average molecular weight is 403 g/mol. The van der Waals surface area contributed by atoms with Gasteiger partial charge in [-0.1, -0.05) is 37.6 Å². The number of guanidine groups is 1. The summed E-state index contributed by atoms with van der Waals surface area (Å²) in [5.74, 6) is 0.656. The van der Waals surface area contributed by atoms with Gasteiger partial charge in [0.05, 0.1) is 5.69 Å². The van der Waals surface area contributed by atoms with E-state index in [4.69, 9.17) is 16.7 Å². The monoisotopic (exact) mass is 403 g/mol. The third-order valence-electron chi connectivity index (χ3n) is 5.00. The molecule has 3 rings (SSSR count). The van der Waals surface area contributed by atoms with Crippen LogP contribution in [-0.2, 0) is 6.54 Å². The molecule has 1 aliphatic rings. The Kier molecular flexibility index (Phi) is 6.35. The molecule has 6 N–H and O–H groups in total. The lowest BCUT2D eigenvalue weighted by atomic mass is 9.94. The second kappa shape index (κ2) is 9.12. The van der Waals surface area contributed by atoms with Crippen LogP contribution in [0.15, 0.2) is 29.3 Å². The lowest BCUT2D eigenvalue weighted by Crippen LogP contribution is -2.32. The average Bonchev–Trinajstić information content (AvgIpc) is 2.72. The molecule has 0 saturated heterocycles. The van der Waals surface area contributed by atoms with Crippen LogP contribution in [0.2, 0.25) is 0 Å². The van der Waals surface area contributed by atoms with Crippen molar-refractivity contribution in [2.24, 2.45) is 4.99 Å². The third-order valence-corrected chi connectivity index (χ3v) is 5.00. The zero-order valence-corrected chi connectivity index (χ0v) is 17.1. The number of aliphatic imine (C=N–C) groups is 1. The van der Waals surface area contributed by atoms with Gasteiger partial charge in [0.2, 0.25) is 5.96 Å². The van der Waals surface area contributed by atoms with E-state index in [2.05, 4.69) is 51.6 Å². The van der Waals surface area contributed by atoms with Gasteiger partial charge in [0.1, 0.15) is 29.3 Å². The Balaban J connectivity index is 1.97. The summed E-state index contributed by atoms with van der Waals surface area (Å²) in [5, 5.41) is 23.8. The van der Waals surface area contributed by atoms with Gasteiger partial charge in [-0.25, -0.2) is 9.98 Å². The van der Waals surface area contributed by atoms with E-state index in [-0.39, 0.29) is 23.0 Å². The first-order chi connectivity index (χ1) is 14.5. The van der Waals surface area contributed by atoms with Crippen LogP contribution < -0.4 is 22.1 Å². The highest BCUT2D eigenvalue weighted by Crippen LogP contribution is 2.40. The number of unbranched alkanes of at least 4 members (excludes halogenated alkanes) is 1. The number of aromatic nitrogens is 1. The highest BCUT2D eigenvalue weighted by molar-refractivity contribution is 5.98. The first-order valence-corrected chi connectivity index (χ1v) is 9.74. The summed E-state index contributed by atoms with van der Waals surface area (Å²) in [4.78, 5) is 11.1. The Bertz CT molecular complexity index is 1030. The minimum Gasteiger partial charge on any atom is -0.397 e. The Morgan fingerprint density at radius 1 is 1.23 bits per heavy atom. The van der Waals surface area contributed by atoms with Crippen LogP contribution in [0.25, 0.3) is 0 Å². The molecule has 0 bridgehead atoms. The van der Waals surface area contributed by atoms with Crippen molar-refractivity contribution in [3.05, 3.63) is 46.5 Å². The minimum absolute atomic E-state index is 0.0312. The van der Waals surface area contributed by atoms with Crippen LogP contribution in [0.3, 0.4) is 0 Å². The lowest BCUT2D eigenvalue weighted by molar-refractivity contribution is 0.321. The van der Waals surface area contributed by atoms with Crippen molar-refractivity contribution in [2.45, 2.75) is 32.4 Å². The van der Waals surface area contributed by atoms with E-state index in [1.807, 2.05) is 24.4 Å². The number of nitrogen functional groups attached to an aromatic ring is 2. The predicted molar refractivity (Wildman–Crippen MR) is 117 cm³/mol. The molecule has 9 heteroatoms. The molecular weight excluding hydrogens is 378 g/mol. The van der Waals surface area contributed by atoms with Gasteiger partial charge in [-0.2, -0.15) is 10.5 Å². The Morgan fingerprint density at radius 2 is 1.97 bits per heavy atom. The summed E-state index contributed by atoms with van der Waals surface area (Å²) in [5.41, 5.74) is 15.1. The maximum Gasteiger partial charge on any atom is 0.211 e. The number of nitrogens with zero attached hydrogens (tertiary/aromatic N) is 5. The molecule has 0 radical (unpaired) electrons. The smallest absolute Gasteiger partial charge is 0.211 e. The topological polar surface area (TPSA) is 152 Å². The molecule has 9 nitrogen and oxygen atoms in total. The molecule has 2 heterocycles. The number of benzene rings is 1. The summed E-state index contributed by atoms with van der Waals surface area (Å²) in [6.07, 6.45) is 4.18. The molecule has 1 aromatic heterocycles. The summed E-state index contributed by atoms with van der Waals surface area (Å²) >= 11 is 0. The number of fused-ring (bicyclic) bond motifs is 1. The maximum absolute atomic E-state index is 9.41. The second-order valence-electron chi connectivity index (χ2n) is 7.23. The predicted octanol–water partition coefficient (Wildman–Crippen LogP) is 2.29. The van der Waals surface area contributed by atoms with Crippen molar-refractivity contribution < 1.29 is 0 Å². The highest BCUT2D eigenvalue weighted by atomic mass is 15.2. The van der Waals surface area contributed by atoms with Crippen molar-refractivity contribution in [1.82, 2.24) is 15.2 Å². The zero-order valence-electron chi connectivity index (χ0n) is 17.1. The van der Waals surface area contributed by atoms with Gasteiger partial charge in [0, 0.05) is 12.1 Å². The SMILES string of the molecule is CCCCN(C)Cc1ccc(C2N=C(NC#N)Nc3nc(N)c(C#N)c(N)c32)cc1. The number of anilines is 3.